The van der Waals surface area contributed by atoms with Crippen molar-refractivity contribution in [2.24, 2.45) is 34.5 Å². The Balaban J connectivity index is 0.833. The fourth-order valence-corrected chi connectivity index (χ4v) is 13.8. The number of fused-ring (bicyclic) bond motifs is 2. The van der Waals surface area contributed by atoms with Crippen LogP contribution in [-0.4, -0.2) is 0 Å². The van der Waals surface area contributed by atoms with Crippen LogP contribution in [0.2, 0.25) is 0 Å². The number of rotatable bonds is 7. The van der Waals surface area contributed by atoms with E-state index in [0.29, 0.717) is 23.7 Å². The van der Waals surface area contributed by atoms with Gasteiger partial charge in [0.2, 0.25) is 0 Å². The molecular formula is C56H58. The molecule has 0 heterocycles. The first-order valence-electron chi connectivity index (χ1n) is 21.8. The van der Waals surface area contributed by atoms with Crippen molar-refractivity contribution in [2.45, 2.75) is 89.9 Å². The molecular weight excluding hydrogens is 673 g/mol. The van der Waals surface area contributed by atoms with E-state index in [1.807, 2.05) is 0 Å². The molecule has 0 heteroatoms. The van der Waals surface area contributed by atoms with E-state index in [-0.39, 0.29) is 10.8 Å². The van der Waals surface area contributed by atoms with Gasteiger partial charge in [-0.3, -0.25) is 0 Å². The molecule has 4 aliphatic rings. The lowest BCUT2D eigenvalue weighted by molar-refractivity contribution is 0.258. The SMILES string of the molecule is CC1(C)C(c2ccccc2)C2CCCC2C1c1ccc(-c2ccc(-c3ccc(-c4ccc(C5C6CCCC6C(c6ccccc6)C5(C)C)cc4)cc3)cc2)cc1. The Morgan fingerprint density at radius 1 is 0.286 bits per heavy atom. The molecule has 8 atom stereocenters. The van der Waals surface area contributed by atoms with Gasteiger partial charge in [0.1, 0.15) is 0 Å². The van der Waals surface area contributed by atoms with Gasteiger partial charge in [-0.25, -0.2) is 0 Å². The van der Waals surface area contributed by atoms with Crippen LogP contribution in [0.5, 0.6) is 0 Å². The summed E-state index contributed by atoms with van der Waals surface area (Å²) < 4.78 is 0. The van der Waals surface area contributed by atoms with Crippen LogP contribution in [0.1, 0.15) is 112 Å². The first-order chi connectivity index (χ1) is 27.3. The predicted octanol–water partition coefficient (Wildman–Crippen LogP) is 15.3. The van der Waals surface area contributed by atoms with Crippen molar-refractivity contribution in [3.63, 3.8) is 0 Å². The van der Waals surface area contributed by atoms with Gasteiger partial charge in [-0.05, 0) is 139 Å². The van der Waals surface area contributed by atoms with Crippen LogP contribution in [0.25, 0.3) is 33.4 Å². The van der Waals surface area contributed by atoms with Gasteiger partial charge < -0.3 is 0 Å². The lowest BCUT2D eigenvalue weighted by Gasteiger charge is -2.36. The number of hydrogen-bond acceptors (Lipinski definition) is 0. The molecule has 4 saturated carbocycles. The molecule has 0 amide bonds. The summed E-state index contributed by atoms with van der Waals surface area (Å²) in [6.45, 7) is 10.2. The van der Waals surface area contributed by atoms with E-state index in [2.05, 4.69) is 185 Å². The fourth-order valence-electron chi connectivity index (χ4n) is 13.8. The van der Waals surface area contributed by atoms with E-state index in [1.165, 1.54) is 83.0 Å². The van der Waals surface area contributed by atoms with E-state index in [1.54, 1.807) is 11.1 Å². The summed E-state index contributed by atoms with van der Waals surface area (Å²) in [6, 6.07) is 60.5. The molecule has 4 fully saturated rings. The Morgan fingerprint density at radius 2 is 0.500 bits per heavy atom. The van der Waals surface area contributed by atoms with Crippen molar-refractivity contribution in [3.8, 4) is 33.4 Å². The molecule has 0 N–H and O–H groups in total. The van der Waals surface area contributed by atoms with Crippen LogP contribution < -0.4 is 0 Å². The zero-order chi connectivity index (χ0) is 38.0. The summed E-state index contributed by atoms with van der Waals surface area (Å²) in [5.74, 6) is 5.61. The van der Waals surface area contributed by atoms with Gasteiger partial charge in [0.25, 0.3) is 0 Å². The molecule has 0 saturated heterocycles. The highest BCUT2D eigenvalue weighted by molar-refractivity contribution is 5.73. The Bertz CT molecular complexity index is 2090. The average Bonchev–Trinajstić information content (AvgIpc) is 3.98. The van der Waals surface area contributed by atoms with Crippen molar-refractivity contribution >= 4 is 0 Å². The van der Waals surface area contributed by atoms with E-state index < -0.39 is 0 Å². The average molecular weight is 731 g/mol. The molecule has 0 aromatic heterocycles. The van der Waals surface area contributed by atoms with Crippen molar-refractivity contribution in [2.75, 3.05) is 0 Å². The molecule has 0 aliphatic heterocycles. The van der Waals surface area contributed by atoms with Crippen LogP contribution in [0.3, 0.4) is 0 Å². The van der Waals surface area contributed by atoms with Crippen molar-refractivity contribution in [3.05, 3.63) is 180 Å². The normalized spacial score (nSPS) is 28.6. The second-order valence-corrected chi connectivity index (χ2v) is 19.3. The maximum atomic E-state index is 2.55. The first-order valence-corrected chi connectivity index (χ1v) is 21.8. The fraction of sp³-hybridized carbons (Fsp3) is 0.357. The standard InChI is InChI=1S/C56H58/c1-55(2)51(43-13-7-5-8-14-43)47-17-11-19-49(47)53(55)45-33-29-41(30-34-45)39-25-21-37(22-26-39)38-23-27-40(28-24-38)42-31-35-46(36-32-42)54-50-20-12-18-48(50)52(56(54,3)4)44-15-9-6-10-16-44/h5-10,13-16,21-36,47-54H,11-12,17-20H2,1-4H3. The van der Waals surface area contributed by atoms with Crippen molar-refractivity contribution in [1.82, 2.24) is 0 Å². The first kappa shape index (κ1) is 35.7. The summed E-state index contributed by atoms with van der Waals surface area (Å²) in [7, 11) is 0. The summed E-state index contributed by atoms with van der Waals surface area (Å²) in [5, 5.41) is 0. The lowest BCUT2D eigenvalue weighted by atomic mass is 9.68. The summed E-state index contributed by atoms with van der Waals surface area (Å²) in [5.41, 5.74) is 14.3. The Hall–Kier alpha value is -4.68. The molecule has 10 rings (SSSR count). The minimum Gasteiger partial charge on any atom is -0.0622 e. The van der Waals surface area contributed by atoms with Gasteiger partial charge in [-0.2, -0.15) is 0 Å². The second-order valence-electron chi connectivity index (χ2n) is 19.3. The van der Waals surface area contributed by atoms with Crippen LogP contribution in [0.15, 0.2) is 158 Å². The largest absolute Gasteiger partial charge is 0.0622 e. The molecule has 0 nitrogen and oxygen atoms in total. The summed E-state index contributed by atoms with van der Waals surface area (Å²) in [6.07, 6.45) is 8.24. The van der Waals surface area contributed by atoms with Crippen molar-refractivity contribution < 1.29 is 0 Å². The molecule has 4 aliphatic carbocycles. The van der Waals surface area contributed by atoms with Crippen molar-refractivity contribution in [1.29, 1.82) is 0 Å². The third-order valence-corrected chi connectivity index (χ3v) is 15.8. The third-order valence-electron chi connectivity index (χ3n) is 15.8. The molecule has 6 aromatic carbocycles. The quantitative estimate of drug-likeness (QED) is 0.153. The molecule has 6 aromatic rings. The van der Waals surface area contributed by atoms with Gasteiger partial charge in [0.15, 0.2) is 0 Å². The Kier molecular flexibility index (Phi) is 8.96. The van der Waals surface area contributed by atoms with E-state index in [4.69, 9.17) is 0 Å². The summed E-state index contributed by atoms with van der Waals surface area (Å²) >= 11 is 0. The van der Waals surface area contributed by atoms with Gasteiger partial charge >= 0.3 is 0 Å². The monoisotopic (exact) mass is 730 g/mol. The smallest absolute Gasteiger partial charge is 0.00735 e. The Labute approximate surface area is 336 Å². The second kappa shape index (κ2) is 14.1. The van der Waals surface area contributed by atoms with Gasteiger partial charge in [-0.1, -0.05) is 198 Å². The van der Waals surface area contributed by atoms with Gasteiger partial charge in [0.05, 0.1) is 0 Å². The third kappa shape index (κ3) is 5.93. The summed E-state index contributed by atoms with van der Waals surface area (Å²) in [4.78, 5) is 0. The maximum absolute atomic E-state index is 2.55. The minimum atomic E-state index is 0.234. The molecule has 0 spiro atoms. The minimum absolute atomic E-state index is 0.234. The van der Waals surface area contributed by atoms with Crippen LogP contribution >= 0.6 is 0 Å². The molecule has 282 valence electrons. The topological polar surface area (TPSA) is 0 Å². The Morgan fingerprint density at radius 3 is 0.750 bits per heavy atom. The highest BCUT2D eigenvalue weighted by atomic mass is 14.6. The van der Waals surface area contributed by atoms with Crippen LogP contribution in [0, 0.1) is 34.5 Å². The van der Waals surface area contributed by atoms with Gasteiger partial charge in [0, 0.05) is 0 Å². The lowest BCUT2D eigenvalue weighted by Crippen LogP contribution is -2.25. The van der Waals surface area contributed by atoms with Crippen LogP contribution in [0.4, 0.5) is 0 Å². The molecule has 56 heavy (non-hydrogen) atoms. The number of benzene rings is 6. The van der Waals surface area contributed by atoms with E-state index in [9.17, 15) is 0 Å². The van der Waals surface area contributed by atoms with E-state index >= 15 is 0 Å². The maximum Gasteiger partial charge on any atom is -0.00735 e. The number of hydrogen-bond donors (Lipinski definition) is 0. The molecule has 8 unspecified atom stereocenters. The highest BCUT2D eigenvalue weighted by Crippen LogP contribution is 2.68. The molecule has 0 bridgehead atoms. The molecule has 0 radical (unpaired) electrons. The van der Waals surface area contributed by atoms with Gasteiger partial charge in [-0.15, -0.1) is 0 Å². The zero-order valence-electron chi connectivity index (χ0n) is 33.9. The zero-order valence-corrected chi connectivity index (χ0v) is 33.9. The predicted molar refractivity (Wildman–Crippen MR) is 236 cm³/mol. The van der Waals surface area contributed by atoms with E-state index in [0.717, 1.165) is 23.7 Å². The highest BCUT2D eigenvalue weighted by Gasteiger charge is 2.58. The van der Waals surface area contributed by atoms with Crippen LogP contribution in [-0.2, 0) is 0 Å².